The quantitative estimate of drug-likeness (QED) is 0.320. The summed E-state index contributed by atoms with van der Waals surface area (Å²) in [6, 6.07) is 0. The molecule has 0 aliphatic heterocycles. The number of hydrogen-bond acceptors (Lipinski definition) is 3. The summed E-state index contributed by atoms with van der Waals surface area (Å²) in [4.78, 5) is 22.3. The van der Waals surface area contributed by atoms with Crippen LogP contribution in [-0.2, 0) is 14.3 Å². The van der Waals surface area contributed by atoms with E-state index in [9.17, 15) is 9.59 Å². The molecule has 0 aliphatic rings. The topological polar surface area (TPSA) is 43.4 Å². The summed E-state index contributed by atoms with van der Waals surface area (Å²) in [6.45, 7) is 7.34. The molecule has 0 saturated heterocycles. The summed E-state index contributed by atoms with van der Waals surface area (Å²) in [5, 5.41) is 0. The molecule has 0 aromatic rings. The van der Waals surface area contributed by atoms with Crippen LogP contribution in [0.4, 0.5) is 0 Å². The Morgan fingerprint density at radius 1 is 1.22 bits per heavy atom. The lowest BCUT2D eigenvalue weighted by molar-refractivity contribution is -0.150. The molecule has 0 amide bonds. The SMILES string of the molecule is C=CCC(CCCCCC)OC(=O)CCC(C)=O. The summed E-state index contributed by atoms with van der Waals surface area (Å²) in [5.41, 5.74) is 0. The summed E-state index contributed by atoms with van der Waals surface area (Å²) in [6.07, 6.45) is 8.43. The van der Waals surface area contributed by atoms with Crippen LogP contribution < -0.4 is 0 Å². The number of rotatable bonds is 11. The van der Waals surface area contributed by atoms with Crippen molar-refractivity contribution in [2.24, 2.45) is 0 Å². The Labute approximate surface area is 111 Å². The first-order valence-electron chi connectivity index (χ1n) is 6.90. The van der Waals surface area contributed by atoms with Gasteiger partial charge in [-0.2, -0.15) is 0 Å². The Morgan fingerprint density at radius 3 is 2.50 bits per heavy atom. The minimum absolute atomic E-state index is 0.0233. The average molecular weight is 254 g/mol. The van der Waals surface area contributed by atoms with Gasteiger partial charge in [0.25, 0.3) is 0 Å². The lowest BCUT2D eigenvalue weighted by atomic mass is 10.1. The van der Waals surface area contributed by atoms with Gasteiger partial charge in [-0.05, 0) is 19.8 Å². The molecule has 0 fully saturated rings. The average Bonchev–Trinajstić information content (AvgIpc) is 2.32. The molecule has 0 heterocycles. The second-order valence-corrected chi connectivity index (χ2v) is 4.69. The van der Waals surface area contributed by atoms with E-state index in [0.29, 0.717) is 6.42 Å². The van der Waals surface area contributed by atoms with E-state index in [4.69, 9.17) is 4.74 Å². The summed E-state index contributed by atoms with van der Waals surface area (Å²) in [5.74, 6) is -0.247. The Morgan fingerprint density at radius 2 is 1.94 bits per heavy atom. The number of esters is 1. The largest absolute Gasteiger partial charge is 0.462 e. The second kappa shape index (κ2) is 11.0. The van der Waals surface area contributed by atoms with Crippen molar-refractivity contribution < 1.29 is 14.3 Å². The van der Waals surface area contributed by atoms with Crippen LogP contribution in [0.25, 0.3) is 0 Å². The first-order chi connectivity index (χ1) is 8.60. The first kappa shape index (κ1) is 16.9. The molecule has 0 spiro atoms. The van der Waals surface area contributed by atoms with Crippen molar-refractivity contribution in [2.75, 3.05) is 0 Å². The van der Waals surface area contributed by atoms with E-state index in [1.54, 1.807) is 6.08 Å². The van der Waals surface area contributed by atoms with E-state index < -0.39 is 0 Å². The fraction of sp³-hybridized carbons (Fsp3) is 0.733. The van der Waals surface area contributed by atoms with Gasteiger partial charge in [-0.15, -0.1) is 6.58 Å². The minimum atomic E-state index is -0.271. The zero-order valence-electron chi connectivity index (χ0n) is 11.7. The van der Waals surface area contributed by atoms with Gasteiger partial charge in [-0.25, -0.2) is 0 Å². The van der Waals surface area contributed by atoms with Crippen LogP contribution in [0.5, 0.6) is 0 Å². The van der Waals surface area contributed by atoms with Gasteiger partial charge in [-0.3, -0.25) is 4.79 Å². The lowest BCUT2D eigenvalue weighted by Gasteiger charge is -2.16. The molecule has 1 unspecified atom stereocenters. The molecule has 0 saturated carbocycles. The van der Waals surface area contributed by atoms with Gasteiger partial charge >= 0.3 is 5.97 Å². The van der Waals surface area contributed by atoms with Crippen LogP contribution in [0.3, 0.4) is 0 Å². The standard InChI is InChI=1S/C15H26O3/c1-4-6-7-8-10-14(9-5-2)18-15(17)12-11-13(3)16/h5,14H,2,4,6-12H2,1,3H3. The third-order valence-corrected chi connectivity index (χ3v) is 2.79. The van der Waals surface area contributed by atoms with Gasteiger partial charge in [0.05, 0.1) is 6.42 Å². The van der Waals surface area contributed by atoms with Gasteiger partial charge < -0.3 is 9.53 Å². The fourth-order valence-corrected chi connectivity index (χ4v) is 1.73. The summed E-state index contributed by atoms with van der Waals surface area (Å²) < 4.78 is 5.36. The first-order valence-corrected chi connectivity index (χ1v) is 6.90. The summed E-state index contributed by atoms with van der Waals surface area (Å²) >= 11 is 0. The maximum absolute atomic E-state index is 11.5. The highest BCUT2D eigenvalue weighted by Gasteiger charge is 2.13. The molecule has 0 aromatic carbocycles. The highest BCUT2D eigenvalue weighted by Crippen LogP contribution is 2.13. The minimum Gasteiger partial charge on any atom is -0.462 e. The molecular formula is C15H26O3. The van der Waals surface area contributed by atoms with Crippen LogP contribution in [0.1, 0.15) is 65.2 Å². The third kappa shape index (κ3) is 10.1. The number of carbonyl (C=O) groups is 2. The predicted molar refractivity (Wildman–Crippen MR) is 73.4 cm³/mol. The van der Waals surface area contributed by atoms with Gasteiger partial charge in [0, 0.05) is 12.8 Å². The van der Waals surface area contributed by atoms with Crippen LogP contribution in [0.15, 0.2) is 12.7 Å². The number of Topliss-reactive ketones (excluding diaryl/α,β-unsaturated/α-hetero) is 1. The van der Waals surface area contributed by atoms with Crippen molar-refractivity contribution in [2.45, 2.75) is 71.3 Å². The van der Waals surface area contributed by atoms with Gasteiger partial charge in [0.2, 0.25) is 0 Å². The van der Waals surface area contributed by atoms with E-state index in [1.165, 1.54) is 26.2 Å². The maximum atomic E-state index is 11.5. The molecule has 3 nitrogen and oxygen atoms in total. The second-order valence-electron chi connectivity index (χ2n) is 4.69. The van der Waals surface area contributed by atoms with Gasteiger partial charge in [0.1, 0.15) is 11.9 Å². The van der Waals surface area contributed by atoms with Gasteiger partial charge in [0.15, 0.2) is 0 Å². The van der Waals surface area contributed by atoms with Crippen LogP contribution in [0.2, 0.25) is 0 Å². The molecule has 104 valence electrons. The van der Waals surface area contributed by atoms with E-state index in [1.807, 2.05) is 0 Å². The Bertz CT molecular complexity index is 258. The lowest BCUT2D eigenvalue weighted by Crippen LogP contribution is -2.18. The van der Waals surface area contributed by atoms with Crippen molar-refractivity contribution in [1.82, 2.24) is 0 Å². The smallest absolute Gasteiger partial charge is 0.306 e. The molecule has 0 aliphatic carbocycles. The zero-order chi connectivity index (χ0) is 13.8. The molecule has 3 heteroatoms. The number of hydrogen-bond donors (Lipinski definition) is 0. The molecule has 0 radical (unpaired) electrons. The normalized spacial score (nSPS) is 11.9. The number of ether oxygens (including phenoxy) is 1. The fourth-order valence-electron chi connectivity index (χ4n) is 1.73. The molecule has 0 bridgehead atoms. The number of unbranched alkanes of at least 4 members (excludes halogenated alkanes) is 3. The van der Waals surface area contributed by atoms with Crippen LogP contribution in [-0.4, -0.2) is 17.9 Å². The Hall–Kier alpha value is -1.12. The predicted octanol–water partition coefficient (Wildman–Crippen LogP) is 3.81. The maximum Gasteiger partial charge on any atom is 0.306 e. The third-order valence-electron chi connectivity index (χ3n) is 2.79. The molecule has 1 atom stereocenters. The van der Waals surface area contributed by atoms with Crippen molar-refractivity contribution in [3.8, 4) is 0 Å². The summed E-state index contributed by atoms with van der Waals surface area (Å²) in [7, 11) is 0. The number of carbonyl (C=O) groups excluding carboxylic acids is 2. The molecule has 0 rings (SSSR count). The molecule has 0 aromatic heterocycles. The van der Waals surface area contributed by atoms with Crippen LogP contribution >= 0.6 is 0 Å². The molecule has 18 heavy (non-hydrogen) atoms. The molecule has 0 N–H and O–H groups in total. The van der Waals surface area contributed by atoms with Crippen molar-refractivity contribution in [3.63, 3.8) is 0 Å². The highest BCUT2D eigenvalue weighted by molar-refractivity contribution is 5.81. The van der Waals surface area contributed by atoms with Crippen molar-refractivity contribution in [1.29, 1.82) is 0 Å². The molecular weight excluding hydrogens is 228 g/mol. The van der Waals surface area contributed by atoms with Crippen LogP contribution in [0, 0.1) is 0 Å². The van der Waals surface area contributed by atoms with E-state index in [2.05, 4.69) is 13.5 Å². The highest BCUT2D eigenvalue weighted by atomic mass is 16.5. The Balaban J connectivity index is 3.89. The van der Waals surface area contributed by atoms with Crippen molar-refractivity contribution >= 4 is 11.8 Å². The van der Waals surface area contributed by atoms with E-state index in [0.717, 1.165) is 12.8 Å². The van der Waals surface area contributed by atoms with E-state index in [-0.39, 0.29) is 30.7 Å². The van der Waals surface area contributed by atoms with E-state index >= 15 is 0 Å². The monoisotopic (exact) mass is 254 g/mol. The zero-order valence-corrected chi connectivity index (χ0v) is 11.7. The van der Waals surface area contributed by atoms with Crippen molar-refractivity contribution in [3.05, 3.63) is 12.7 Å². The number of ketones is 1. The van der Waals surface area contributed by atoms with Gasteiger partial charge in [-0.1, -0.05) is 32.3 Å². The Kier molecular flexibility index (Phi) is 10.3.